The number of carbonyl (C=O) groups is 1. The van der Waals surface area contributed by atoms with Crippen molar-refractivity contribution >= 4 is 44.6 Å². The molecule has 0 bridgehead atoms. The van der Waals surface area contributed by atoms with E-state index in [4.69, 9.17) is 10.1 Å². The molecule has 7 heteroatoms. The summed E-state index contributed by atoms with van der Waals surface area (Å²) in [6.07, 6.45) is 1.81. The third-order valence-electron chi connectivity index (χ3n) is 4.76. The molecule has 2 heterocycles. The lowest BCUT2D eigenvalue weighted by molar-refractivity contribution is 0.0500. The number of nitrogens with zero attached hydrogens (tertiary/aromatic N) is 2. The molecule has 148 valence electrons. The third-order valence-corrected chi connectivity index (χ3v) is 5.81. The molecule has 0 saturated heterocycles. The number of hydrogen-bond acceptors (Lipinski definition) is 6. The summed E-state index contributed by atoms with van der Waals surface area (Å²) in [4.78, 5) is 18.3. The first-order valence-electron chi connectivity index (χ1n) is 9.50. The van der Waals surface area contributed by atoms with Crippen molar-refractivity contribution in [3.05, 3.63) is 64.9 Å². The van der Waals surface area contributed by atoms with E-state index in [-0.39, 0.29) is 24.1 Å². The number of thiazole rings is 1. The van der Waals surface area contributed by atoms with E-state index in [9.17, 15) is 9.90 Å². The predicted octanol–water partition coefficient (Wildman–Crippen LogP) is 5.02. The summed E-state index contributed by atoms with van der Waals surface area (Å²) in [5.74, 6) is -0.0328. The van der Waals surface area contributed by atoms with E-state index < -0.39 is 0 Å². The topological polar surface area (TPSA) is 86.5 Å². The van der Waals surface area contributed by atoms with Gasteiger partial charge < -0.3 is 14.7 Å². The maximum atomic E-state index is 12.1. The number of fused-ring (bicyclic) bond motifs is 1. The Labute approximate surface area is 172 Å². The van der Waals surface area contributed by atoms with Crippen molar-refractivity contribution in [2.45, 2.75) is 19.8 Å². The van der Waals surface area contributed by atoms with Crippen molar-refractivity contribution in [3.8, 4) is 0 Å². The number of hydrogen-bond donors (Lipinski definition) is 2. The Hall–Kier alpha value is -3.19. The van der Waals surface area contributed by atoms with Crippen molar-refractivity contribution < 1.29 is 14.6 Å². The van der Waals surface area contributed by atoms with Crippen LogP contribution in [-0.4, -0.2) is 35.0 Å². The molecular weight excluding hydrogens is 386 g/mol. The number of benzene rings is 2. The average molecular weight is 407 g/mol. The third kappa shape index (κ3) is 3.73. The number of nitrogens with one attached hydrogen (secondary N) is 1. The molecule has 0 fully saturated rings. The molecule has 0 radical (unpaired) electrons. The van der Waals surface area contributed by atoms with Crippen LogP contribution in [0.3, 0.4) is 0 Å². The zero-order valence-electron chi connectivity index (χ0n) is 16.0. The molecule has 0 amide bonds. The average Bonchev–Trinajstić information content (AvgIpc) is 3.28. The van der Waals surface area contributed by atoms with Gasteiger partial charge in [0.05, 0.1) is 34.5 Å². The maximum absolute atomic E-state index is 12.1. The molecular formula is C22H21N3O3S. The van der Waals surface area contributed by atoms with Gasteiger partial charge in [-0.1, -0.05) is 25.5 Å². The minimum absolute atomic E-state index is 0.122. The molecule has 6 nitrogen and oxygen atoms in total. The summed E-state index contributed by atoms with van der Waals surface area (Å²) in [7, 11) is 0. The molecule has 29 heavy (non-hydrogen) atoms. The summed E-state index contributed by atoms with van der Waals surface area (Å²) in [5, 5.41) is 19.7. The molecule has 2 N–H and O–H groups in total. The van der Waals surface area contributed by atoms with Crippen molar-refractivity contribution in [3.63, 3.8) is 0 Å². The standard InChI is InChI=1S/C22H21N3O3S/c1-2-3-12-28-22(27)14-8-10-15(11-9-14)25-13-17(26)19(20(25)23)21-24-16-6-4-5-7-18(16)29-21/h4-11,23,26H,2-3,12-13H2,1H3. The van der Waals surface area contributed by atoms with E-state index in [1.54, 1.807) is 29.2 Å². The first-order valence-corrected chi connectivity index (χ1v) is 10.3. The Morgan fingerprint density at radius 1 is 1.24 bits per heavy atom. The molecule has 0 aliphatic carbocycles. The largest absolute Gasteiger partial charge is 0.510 e. The van der Waals surface area contributed by atoms with Gasteiger partial charge in [0, 0.05) is 5.69 Å². The van der Waals surface area contributed by atoms with Crippen LogP contribution >= 0.6 is 11.3 Å². The Balaban J connectivity index is 1.52. The van der Waals surface area contributed by atoms with Crippen LogP contribution in [0.4, 0.5) is 5.69 Å². The van der Waals surface area contributed by atoms with Crippen LogP contribution in [0.1, 0.15) is 35.1 Å². The van der Waals surface area contributed by atoms with Crippen molar-refractivity contribution in [2.75, 3.05) is 18.1 Å². The fourth-order valence-corrected chi connectivity index (χ4v) is 4.21. The van der Waals surface area contributed by atoms with Crippen molar-refractivity contribution in [1.29, 1.82) is 5.41 Å². The number of para-hydroxylation sites is 1. The number of ether oxygens (including phenoxy) is 1. The first-order chi connectivity index (χ1) is 14.1. The van der Waals surface area contributed by atoms with Gasteiger partial charge in [0.15, 0.2) is 0 Å². The number of rotatable bonds is 6. The number of amidine groups is 1. The molecule has 2 aromatic carbocycles. The van der Waals surface area contributed by atoms with E-state index in [2.05, 4.69) is 4.98 Å². The van der Waals surface area contributed by atoms with E-state index in [0.717, 1.165) is 28.7 Å². The van der Waals surface area contributed by atoms with Crippen LogP contribution in [0.15, 0.2) is 54.3 Å². The lowest BCUT2D eigenvalue weighted by Crippen LogP contribution is -2.26. The SMILES string of the molecule is CCCCOC(=O)c1ccc(N2CC(O)=C(c3nc4ccccc4s3)C2=N)cc1. The fourth-order valence-electron chi connectivity index (χ4n) is 3.17. The lowest BCUT2D eigenvalue weighted by Gasteiger charge is -2.18. The molecule has 0 saturated carbocycles. The van der Waals surface area contributed by atoms with E-state index in [0.29, 0.717) is 22.8 Å². The van der Waals surface area contributed by atoms with Gasteiger partial charge in [-0.15, -0.1) is 11.3 Å². The molecule has 1 aromatic heterocycles. The normalized spacial score (nSPS) is 14.1. The minimum Gasteiger partial charge on any atom is -0.510 e. The number of aliphatic hydroxyl groups excluding tert-OH is 1. The zero-order chi connectivity index (χ0) is 20.4. The Bertz CT molecular complexity index is 1070. The minimum atomic E-state index is -0.349. The van der Waals surface area contributed by atoms with Gasteiger partial charge in [0.2, 0.25) is 0 Å². The van der Waals surface area contributed by atoms with Crippen LogP contribution in [0.2, 0.25) is 0 Å². The van der Waals surface area contributed by atoms with Gasteiger partial charge in [0.1, 0.15) is 16.6 Å². The van der Waals surface area contributed by atoms with Crippen LogP contribution in [0, 0.1) is 5.41 Å². The van der Waals surface area contributed by atoms with Crippen LogP contribution in [0.25, 0.3) is 15.8 Å². The Morgan fingerprint density at radius 3 is 2.72 bits per heavy atom. The second-order valence-electron chi connectivity index (χ2n) is 6.78. The first kappa shape index (κ1) is 19.1. The summed E-state index contributed by atoms with van der Waals surface area (Å²) >= 11 is 1.46. The molecule has 0 spiro atoms. The van der Waals surface area contributed by atoms with Gasteiger partial charge in [-0.05, 0) is 42.8 Å². The number of carbonyl (C=O) groups excluding carboxylic acids is 1. The highest BCUT2D eigenvalue weighted by atomic mass is 32.1. The predicted molar refractivity (Wildman–Crippen MR) is 116 cm³/mol. The summed E-state index contributed by atoms with van der Waals surface area (Å²) in [5.41, 5.74) is 2.50. The molecule has 0 atom stereocenters. The summed E-state index contributed by atoms with van der Waals surface area (Å²) in [6.45, 7) is 2.65. The summed E-state index contributed by atoms with van der Waals surface area (Å²) in [6, 6.07) is 14.7. The van der Waals surface area contributed by atoms with Crippen LogP contribution in [0.5, 0.6) is 0 Å². The Morgan fingerprint density at radius 2 is 2.00 bits per heavy atom. The van der Waals surface area contributed by atoms with Crippen molar-refractivity contribution in [1.82, 2.24) is 4.98 Å². The molecule has 0 unspecified atom stereocenters. The highest BCUT2D eigenvalue weighted by molar-refractivity contribution is 7.19. The number of unbranched alkanes of at least 4 members (excludes halogenated alkanes) is 1. The van der Waals surface area contributed by atoms with Crippen LogP contribution < -0.4 is 4.90 Å². The second-order valence-corrected chi connectivity index (χ2v) is 7.81. The Kier molecular flexibility index (Phi) is 5.31. The monoisotopic (exact) mass is 407 g/mol. The molecule has 3 aromatic rings. The van der Waals surface area contributed by atoms with Gasteiger partial charge in [-0.3, -0.25) is 5.41 Å². The molecule has 1 aliphatic heterocycles. The highest BCUT2D eigenvalue weighted by Crippen LogP contribution is 2.35. The maximum Gasteiger partial charge on any atom is 0.338 e. The van der Waals surface area contributed by atoms with E-state index >= 15 is 0 Å². The highest BCUT2D eigenvalue weighted by Gasteiger charge is 2.31. The van der Waals surface area contributed by atoms with Gasteiger partial charge in [-0.2, -0.15) is 0 Å². The summed E-state index contributed by atoms with van der Waals surface area (Å²) < 4.78 is 6.24. The van der Waals surface area contributed by atoms with E-state index in [1.807, 2.05) is 31.2 Å². The lowest BCUT2D eigenvalue weighted by atomic mass is 10.2. The number of anilines is 1. The second kappa shape index (κ2) is 8.05. The van der Waals surface area contributed by atoms with E-state index in [1.165, 1.54) is 11.3 Å². The van der Waals surface area contributed by atoms with Gasteiger partial charge >= 0.3 is 5.97 Å². The smallest absolute Gasteiger partial charge is 0.338 e. The zero-order valence-corrected chi connectivity index (χ0v) is 16.8. The molecule has 4 rings (SSSR count). The number of esters is 1. The number of aliphatic hydroxyl groups is 1. The van der Waals surface area contributed by atoms with Gasteiger partial charge in [0.25, 0.3) is 0 Å². The fraction of sp³-hybridized carbons (Fsp3) is 0.227. The van der Waals surface area contributed by atoms with Crippen LogP contribution in [-0.2, 0) is 4.74 Å². The van der Waals surface area contributed by atoms with Crippen molar-refractivity contribution in [2.24, 2.45) is 0 Å². The molecule has 1 aliphatic rings. The van der Waals surface area contributed by atoms with Gasteiger partial charge in [-0.25, -0.2) is 9.78 Å². The quantitative estimate of drug-likeness (QED) is 0.443. The number of aromatic nitrogens is 1.